The van der Waals surface area contributed by atoms with E-state index >= 15 is 0 Å². The summed E-state index contributed by atoms with van der Waals surface area (Å²) in [5.41, 5.74) is 3.14. The Hall–Kier alpha value is -1.89. The van der Waals surface area contributed by atoms with E-state index in [0.29, 0.717) is 22.9 Å². The second-order valence-electron chi connectivity index (χ2n) is 8.26. The molecule has 3 atom stereocenters. The number of esters is 1. The molecule has 0 amide bonds. The van der Waals surface area contributed by atoms with Crippen molar-refractivity contribution in [2.45, 2.75) is 65.1 Å². The number of hydrogen-bond donors (Lipinski definition) is 0. The molecule has 1 aromatic heterocycles. The topological polar surface area (TPSA) is 69.9 Å². The molecule has 7 heteroatoms. The molecule has 1 aromatic carbocycles. The first-order valence-electron chi connectivity index (χ1n) is 10.0. The van der Waals surface area contributed by atoms with E-state index in [4.69, 9.17) is 4.74 Å². The standard InChI is InChI=1S/C21H30N4O2S/c1-13(2)17-10-9-14(3)11-18(17)27-19(26)12-28-21-22-23-24-25(21)20-15(4)7-6-8-16(20)5/h6-8,13-14,17-18H,9-12H2,1-5H3/t14-,17-,18-/m1/s1. The van der Waals surface area contributed by atoms with E-state index in [9.17, 15) is 4.79 Å². The van der Waals surface area contributed by atoms with E-state index in [-0.39, 0.29) is 17.8 Å². The first-order valence-corrected chi connectivity index (χ1v) is 11.0. The van der Waals surface area contributed by atoms with Gasteiger partial charge in [-0.25, -0.2) is 0 Å². The summed E-state index contributed by atoms with van der Waals surface area (Å²) >= 11 is 1.33. The third kappa shape index (κ3) is 4.74. The number of tetrazole rings is 1. The highest BCUT2D eigenvalue weighted by atomic mass is 32.2. The number of thioether (sulfide) groups is 1. The molecule has 28 heavy (non-hydrogen) atoms. The highest BCUT2D eigenvalue weighted by Crippen LogP contribution is 2.35. The van der Waals surface area contributed by atoms with Gasteiger partial charge in [0.15, 0.2) is 0 Å². The van der Waals surface area contributed by atoms with Crippen LogP contribution in [0, 0.1) is 31.6 Å². The molecule has 0 N–H and O–H groups in total. The van der Waals surface area contributed by atoms with Crippen LogP contribution in [0.25, 0.3) is 5.69 Å². The SMILES string of the molecule is Cc1cccc(C)c1-n1nnnc1SCC(=O)O[C@@H]1C[C@H](C)CC[C@@H]1C(C)C. The van der Waals surface area contributed by atoms with Gasteiger partial charge >= 0.3 is 5.97 Å². The molecular formula is C21H30N4O2S. The molecule has 0 saturated heterocycles. The highest BCUT2D eigenvalue weighted by Gasteiger charge is 2.33. The molecule has 3 rings (SSSR count). The van der Waals surface area contributed by atoms with Crippen molar-refractivity contribution in [1.29, 1.82) is 0 Å². The van der Waals surface area contributed by atoms with E-state index in [1.165, 1.54) is 18.2 Å². The van der Waals surface area contributed by atoms with Crippen LogP contribution < -0.4 is 0 Å². The predicted octanol–water partition coefficient (Wildman–Crippen LogP) is 4.38. The molecule has 1 saturated carbocycles. The van der Waals surface area contributed by atoms with Crippen molar-refractivity contribution in [1.82, 2.24) is 20.2 Å². The lowest BCUT2D eigenvalue weighted by molar-refractivity contribution is -0.152. The van der Waals surface area contributed by atoms with Gasteiger partial charge in [-0.1, -0.05) is 57.2 Å². The van der Waals surface area contributed by atoms with Crippen LogP contribution in [-0.2, 0) is 9.53 Å². The molecule has 0 aliphatic heterocycles. The van der Waals surface area contributed by atoms with E-state index in [2.05, 4.69) is 36.3 Å². The highest BCUT2D eigenvalue weighted by molar-refractivity contribution is 7.99. The monoisotopic (exact) mass is 402 g/mol. The van der Waals surface area contributed by atoms with Crippen LogP contribution in [0.5, 0.6) is 0 Å². The van der Waals surface area contributed by atoms with Crippen molar-refractivity contribution in [2.24, 2.45) is 17.8 Å². The van der Waals surface area contributed by atoms with Crippen molar-refractivity contribution in [3.05, 3.63) is 29.3 Å². The summed E-state index contributed by atoms with van der Waals surface area (Å²) in [6.45, 7) is 10.7. The second-order valence-corrected chi connectivity index (χ2v) is 9.20. The molecule has 0 unspecified atom stereocenters. The average molecular weight is 403 g/mol. The molecular weight excluding hydrogens is 372 g/mol. The van der Waals surface area contributed by atoms with Crippen LogP contribution in [0.3, 0.4) is 0 Å². The normalized spacial score (nSPS) is 22.4. The Kier molecular flexibility index (Phi) is 6.75. The van der Waals surface area contributed by atoms with Crippen molar-refractivity contribution < 1.29 is 9.53 Å². The zero-order valence-electron chi connectivity index (χ0n) is 17.4. The minimum Gasteiger partial charge on any atom is -0.461 e. The lowest BCUT2D eigenvalue weighted by Crippen LogP contribution is -2.36. The fraction of sp³-hybridized carbons (Fsp3) is 0.619. The summed E-state index contributed by atoms with van der Waals surface area (Å²) in [6, 6.07) is 6.07. The van der Waals surface area contributed by atoms with Gasteiger partial charge in [0.2, 0.25) is 5.16 Å². The quantitative estimate of drug-likeness (QED) is 0.528. The molecule has 1 aliphatic rings. The zero-order chi connectivity index (χ0) is 20.3. The minimum atomic E-state index is -0.189. The largest absolute Gasteiger partial charge is 0.461 e. The number of carbonyl (C=O) groups is 1. The van der Waals surface area contributed by atoms with Gasteiger partial charge in [0.1, 0.15) is 6.10 Å². The Balaban J connectivity index is 1.65. The van der Waals surface area contributed by atoms with Crippen LogP contribution >= 0.6 is 11.8 Å². The molecule has 152 valence electrons. The van der Waals surface area contributed by atoms with Crippen molar-refractivity contribution in [3.63, 3.8) is 0 Å². The number of carbonyl (C=O) groups excluding carboxylic acids is 1. The number of para-hydroxylation sites is 1. The van der Waals surface area contributed by atoms with Crippen LogP contribution in [0.4, 0.5) is 0 Å². The Labute approximate surface area is 171 Å². The number of nitrogens with zero attached hydrogens (tertiary/aromatic N) is 4. The van der Waals surface area contributed by atoms with Crippen molar-refractivity contribution in [3.8, 4) is 5.69 Å². The van der Waals surface area contributed by atoms with Crippen molar-refractivity contribution in [2.75, 3.05) is 5.75 Å². The van der Waals surface area contributed by atoms with E-state index in [1.54, 1.807) is 4.68 Å². The van der Waals surface area contributed by atoms with E-state index in [0.717, 1.165) is 29.7 Å². The van der Waals surface area contributed by atoms with Gasteiger partial charge in [-0.2, -0.15) is 4.68 Å². The Morgan fingerprint density at radius 3 is 2.68 bits per heavy atom. The molecule has 2 aromatic rings. The lowest BCUT2D eigenvalue weighted by atomic mass is 9.75. The van der Waals surface area contributed by atoms with Crippen LogP contribution in [0.1, 0.15) is 51.2 Å². The Morgan fingerprint density at radius 1 is 1.29 bits per heavy atom. The van der Waals surface area contributed by atoms with Gasteiger partial charge in [0.25, 0.3) is 0 Å². The fourth-order valence-electron chi connectivity index (χ4n) is 4.13. The molecule has 6 nitrogen and oxygen atoms in total. The molecule has 1 heterocycles. The zero-order valence-corrected chi connectivity index (χ0v) is 18.2. The van der Waals surface area contributed by atoms with Gasteiger partial charge in [0.05, 0.1) is 11.4 Å². The number of aryl methyl sites for hydroxylation is 2. The summed E-state index contributed by atoms with van der Waals surface area (Å²) in [5, 5.41) is 12.6. The summed E-state index contributed by atoms with van der Waals surface area (Å²) < 4.78 is 7.60. The number of benzene rings is 1. The lowest BCUT2D eigenvalue weighted by Gasteiger charge is -2.36. The number of hydrogen-bond acceptors (Lipinski definition) is 6. The van der Waals surface area contributed by atoms with Gasteiger partial charge in [-0.05, 0) is 66.0 Å². The maximum Gasteiger partial charge on any atom is 0.316 e. The summed E-state index contributed by atoms with van der Waals surface area (Å²) in [5.74, 6) is 1.60. The van der Waals surface area contributed by atoms with Gasteiger partial charge in [0, 0.05) is 0 Å². The Morgan fingerprint density at radius 2 is 2.00 bits per heavy atom. The van der Waals surface area contributed by atoms with Crippen LogP contribution in [-0.4, -0.2) is 38.0 Å². The molecule has 1 aliphatic carbocycles. The predicted molar refractivity (Wildman–Crippen MR) is 111 cm³/mol. The summed E-state index contributed by atoms with van der Waals surface area (Å²) in [7, 11) is 0. The number of ether oxygens (including phenoxy) is 1. The summed E-state index contributed by atoms with van der Waals surface area (Å²) in [4.78, 5) is 12.5. The first kappa shape index (κ1) is 20.8. The number of rotatable bonds is 6. The van der Waals surface area contributed by atoms with E-state index in [1.807, 2.05) is 32.0 Å². The first-order chi connectivity index (χ1) is 13.4. The second kappa shape index (κ2) is 9.07. The number of aromatic nitrogens is 4. The molecule has 0 spiro atoms. The minimum absolute atomic E-state index is 0.0199. The molecule has 1 fully saturated rings. The maximum atomic E-state index is 12.5. The van der Waals surface area contributed by atoms with Gasteiger partial charge < -0.3 is 4.74 Å². The molecule has 0 bridgehead atoms. The van der Waals surface area contributed by atoms with Crippen LogP contribution in [0.2, 0.25) is 0 Å². The Bertz CT molecular complexity index is 800. The third-order valence-corrected chi connectivity index (χ3v) is 6.55. The molecule has 0 radical (unpaired) electrons. The van der Waals surface area contributed by atoms with Crippen molar-refractivity contribution >= 4 is 17.7 Å². The maximum absolute atomic E-state index is 12.5. The van der Waals surface area contributed by atoms with Gasteiger partial charge in [-0.3, -0.25) is 4.79 Å². The van der Waals surface area contributed by atoms with Gasteiger partial charge in [-0.15, -0.1) is 5.10 Å². The average Bonchev–Trinajstić information content (AvgIpc) is 3.08. The fourth-order valence-corrected chi connectivity index (χ4v) is 4.78. The summed E-state index contributed by atoms with van der Waals surface area (Å²) in [6.07, 6.45) is 3.33. The smallest absolute Gasteiger partial charge is 0.316 e. The van der Waals surface area contributed by atoms with E-state index < -0.39 is 0 Å². The van der Waals surface area contributed by atoms with Crippen LogP contribution in [0.15, 0.2) is 23.4 Å². The third-order valence-electron chi connectivity index (χ3n) is 5.66.